The molecule has 44 heavy (non-hydrogen) atoms. The molecule has 0 bridgehead atoms. The Bertz CT molecular complexity index is 1610. The monoisotopic (exact) mass is 595 g/mol. The second-order valence-corrected chi connectivity index (χ2v) is 11.6. The first-order valence-corrected chi connectivity index (χ1v) is 16.1. The number of benzene rings is 2. The van der Waals surface area contributed by atoms with E-state index in [0.717, 1.165) is 106 Å². The molecule has 1 fully saturated rings. The average molecular weight is 596 g/mol. The van der Waals surface area contributed by atoms with Gasteiger partial charge in [-0.05, 0) is 75.0 Å². The van der Waals surface area contributed by atoms with Crippen LogP contribution >= 0.6 is 0 Å². The molecule has 2 aromatic carbocycles. The number of hydrogen-bond donors (Lipinski definition) is 3. The molecule has 0 aliphatic carbocycles. The zero-order chi connectivity index (χ0) is 30.9. The van der Waals surface area contributed by atoms with Crippen LogP contribution in [-0.2, 0) is 13.0 Å². The maximum Gasteiger partial charge on any atom is 0.319 e. The number of unbranched alkanes of at least 4 members (excludes halogenated alkanes) is 3. The summed E-state index contributed by atoms with van der Waals surface area (Å²) in [5, 5.41) is 15.9. The number of fused-ring (bicyclic) bond motifs is 3. The smallest absolute Gasteiger partial charge is 0.319 e. The van der Waals surface area contributed by atoms with Crippen molar-refractivity contribution in [2.45, 2.75) is 65.3 Å². The van der Waals surface area contributed by atoms with Gasteiger partial charge in [-0.15, -0.1) is 0 Å². The predicted octanol–water partition coefficient (Wildman–Crippen LogP) is 5.90. The molecule has 0 unspecified atom stereocenters. The lowest BCUT2D eigenvalue weighted by atomic mass is 10.1. The minimum Gasteiger partial charge on any atom is -0.382 e. The lowest BCUT2D eigenvalue weighted by molar-refractivity contribution is 0.252. The third-order valence-electron chi connectivity index (χ3n) is 8.39. The number of amides is 2. The number of nitrogens with two attached hydrogens (primary N) is 1. The minimum absolute atomic E-state index is 0.264. The van der Waals surface area contributed by atoms with Gasteiger partial charge in [0.05, 0.1) is 22.7 Å². The Morgan fingerprint density at radius 1 is 0.977 bits per heavy atom. The van der Waals surface area contributed by atoms with E-state index in [9.17, 15) is 4.79 Å². The van der Waals surface area contributed by atoms with Gasteiger partial charge in [0.2, 0.25) is 0 Å². The Kier molecular flexibility index (Phi) is 10.5. The lowest BCUT2D eigenvalue weighted by Gasteiger charge is -2.36. The van der Waals surface area contributed by atoms with E-state index >= 15 is 0 Å². The van der Waals surface area contributed by atoms with Gasteiger partial charge in [-0.1, -0.05) is 26.3 Å². The maximum absolute atomic E-state index is 12.3. The Hall–Kier alpha value is -4.36. The number of urea groups is 1. The summed E-state index contributed by atoms with van der Waals surface area (Å²) in [6.45, 7) is 11.2. The molecule has 1 aliphatic heterocycles. The summed E-state index contributed by atoms with van der Waals surface area (Å²) in [6, 6.07) is 15.3. The largest absolute Gasteiger partial charge is 0.382 e. The Balaban J connectivity index is 1.27. The van der Waals surface area contributed by atoms with E-state index in [1.807, 2.05) is 0 Å². The first-order valence-electron chi connectivity index (χ1n) is 16.1. The Labute approximate surface area is 260 Å². The molecule has 3 heterocycles. The van der Waals surface area contributed by atoms with E-state index < -0.39 is 0 Å². The molecule has 0 saturated carbocycles. The first-order chi connectivity index (χ1) is 21.5. The van der Waals surface area contributed by atoms with E-state index in [-0.39, 0.29) is 6.03 Å². The fourth-order valence-corrected chi connectivity index (χ4v) is 6.07. The number of anilines is 3. The number of imidazole rings is 1. The number of pyridine rings is 1. The number of nitrogens with one attached hydrogen (secondary N) is 2. The number of aryl methyl sites for hydroxylation is 2. The van der Waals surface area contributed by atoms with Gasteiger partial charge in [0, 0.05) is 62.5 Å². The number of nitriles is 1. The summed E-state index contributed by atoms with van der Waals surface area (Å²) >= 11 is 0. The first kappa shape index (κ1) is 31.1. The van der Waals surface area contributed by atoms with Gasteiger partial charge in [-0.2, -0.15) is 5.26 Å². The molecule has 4 aromatic rings. The number of nitrogen functional groups attached to an aromatic ring is 1. The normalized spacial score (nSPS) is 13.8. The summed E-state index contributed by atoms with van der Waals surface area (Å²) in [5.41, 5.74) is 11.6. The molecule has 2 amide bonds. The highest BCUT2D eigenvalue weighted by molar-refractivity contribution is 6.07. The molecular formula is C34H45N9O. The zero-order valence-electron chi connectivity index (χ0n) is 26.1. The molecule has 0 radical (unpaired) electrons. The van der Waals surface area contributed by atoms with Crippen LogP contribution in [0.3, 0.4) is 0 Å². The van der Waals surface area contributed by atoms with Gasteiger partial charge in [-0.25, -0.2) is 14.8 Å². The van der Waals surface area contributed by atoms with Gasteiger partial charge in [0.25, 0.3) is 0 Å². The Morgan fingerprint density at radius 2 is 1.82 bits per heavy atom. The van der Waals surface area contributed by atoms with Crippen LogP contribution < -0.4 is 21.3 Å². The number of nitrogens with zero attached hydrogens (tertiary/aromatic N) is 6. The van der Waals surface area contributed by atoms with E-state index in [4.69, 9.17) is 21.0 Å². The van der Waals surface area contributed by atoms with Crippen LogP contribution in [0.25, 0.3) is 21.9 Å². The summed E-state index contributed by atoms with van der Waals surface area (Å²) in [7, 11) is 0. The van der Waals surface area contributed by atoms with Crippen molar-refractivity contribution in [3.8, 4) is 6.07 Å². The van der Waals surface area contributed by atoms with Gasteiger partial charge < -0.3 is 25.8 Å². The molecule has 10 heteroatoms. The van der Waals surface area contributed by atoms with E-state index in [1.165, 1.54) is 12.1 Å². The van der Waals surface area contributed by atoms with Crippen LogP contribution in [0.5, 0.6) is 0 Å². The van der Waals surface area contributed by atoms with Crippen LogP contribution in [0.4, 0.5) is 22.0 Å². The van der Waals surface area contributed by atoms with Crippen molar-refractivity contribution in [3.63, 3.8) is 0 Å². The predicted molar refractivity (Wildman–Crippen MR) is 179 cm³/mol. The number of carbonyl (C=O) groups excluding carboxylic acids is 1. The van der Waals surface area contributed by atoms with Crippen molar-refractivity contribution in [2.24, 2.45) is 0 Å². The molecule has 1 aliphatic rings. The third-order valence-corrected chi connectivity index (χ3v) is 8.39. The molecule has 0 atom stereocenters. The summed E-state index contributed by atoms with van der Waals surface area (Å²) in [5.74, 6) is 1.55. The van der Waals surface area contributed by atoms with Crippen molar-refractivity contribution >= 4 is 45.2 Å². The minimum atomic E-state index is -0.264. The van der Waals surface area contributed by atoms with E-state index in [1.54, 1.807) is 24.3 Å². The molecular weight excluding hydrogens is 550 g/mol. The van der Waals surface area contributed by atoms with Gasteiger partial charge in [-0.3, -0.25) is 4.90 Å². The number of rotatable bonds is 13. The van der Waals surface area contributed by atoms with Crippen molar-refractivity contribution < 1.29 is 4.79 Å². The number of aromatic nitrogens is 3. The van der Waals surface area contributed by atoms with Crippen molar-refractivity contribution in [3.05, 3.63) is 53.9 Å². The third kappa shape index (κ3) is 7.40. The summed E-state index contributed by atoms with van der Waals surface area (Å²) < 4.78 is 2.37. The lowest BCUT2D eigenvalue weighted by Crippen LogP contribution is -2.46. The number of carbonyl (C=O) groups is 1. The highest BCUT2D eigenvalue weighted by atomic mass is 16.2. The molecule has 5 rings (SSSR count). The van der Waals surface area contributed by atoms with Crippen LogP contribution in [0.2, 0.25) is 0 Å². The van der Waals surface area contributed by atoms with Gasteiger partial charge >= 0.3 is 6.03 Å². The average Bonchev–Trinajstić information content (AvgIpc) is 3.41. The molecule has 10 nitrogen and oxygen atoms in total. The highest BCUT2D eigenvalue weighted by Gasteiger charge is 2.20. The topological polar surface area (TPSA) is 128 Å². The van der Waals surface area contributed by atoms with Crippen LogP contribution in [0, 0.1) is 11.3 Å². The van der Waals surface area contributed by atoms with Gasteiger partial charge in [0.15, 0.2) is 5.82 Å². The highest BCUT2D eigenvalue weighted by Crippen LogP contribution is 2.32. The fourth-order valence-electron chi connectivity index (χ4n) is 6.07. The van der Waals surface area contributed by atoms with Crippen molar-refractivity contribution in [1.82, 2.24) is 24.8 Å². The zero-order valence-corrected chi connectivity index (χ0v) is 26.1. The van der Waals surface area contributed by atoms with E-state index in [0.29, 0.717) is 23.6 Å². The van der Waals surface area contributed by atoms with Crippen LogP contribution in [0.15, 0.2) is 42.5 Å². The molecule has 0 spiro atoms. The second kappa shape index (κ2) is 14.9. The molecule has 232 valence electrons. The molecule has 2 aromatic heterocycles. The maximum atomic E-state index is 12.3. The van der Waals surface area contributed by atoms with Crippen molar-refractivity contribution in [1.29, 1.82) is 5.26 Å². The van der Waals surface area contributed by atoms with Gasteiger partial charge in [0.1, 0.15) is 11.3 Å². The van der Waals surface area contributed by atoms with Crippen LogP contribution in [0.1, 0.15) is 63.8 Å². The summed E-state index contributed by atoms with van der Waals surface area (Å²) in [4.78, 5) is 27.1. The SMILES string of the molecule is CCCCc1nc2c(N)nc3ccc(N4CCN(CCC)CC4)cc3c2n1CCCCCNC(=O)Nc1cccc(C#N)c1. The standard InChI is InChI=1S/C34H45N9O/c1-3-5-12-30-40-31-32(43(30)17-8-6-7-15-37-34(44)38-26-11-9-10-25(22-26)24-35)28-23-27(13-14-29(28)39-33(31)36)42-20-18-41(16-4-2)19-21-42/h9-11,13-14,22-23H,3-8,12,15-21H2,1-2H3,(H2,36,39)(H2,37,38,44). The Morgan fingerprint density at radius 3 is 2.59 bits per heavy atom. The molecule has 1 saturated heterocycles. The second-order valence-electron chi connectivity index (χ2n) is 11.6. The molecule has 4 N–H and O–H groups in total. The quantitative estimate of drug-likeness (QED) is 0.164. The summed E-state index contributed by atoms with van der Waals surface area (Å²) in [6.07, 6.45) is 7.04. The number of piperazine rings is 1. The fraction of sp³-hybridized carbons (Fsp3) is 0.471. The van der Waals surface area contributed by atoms with Crippen LogP contribution in [-0.4, -0.2) is 64.7 Å². The number of hydrogen-bond acceptors (Lipinski definition) is 7. The van der Waals surface area contributed by atoms with E-state index in [2.05, 4.69) is 63.1 Å². The van der Waals surface area contributed by atoms with Crippen molar-refractivity contribution in [2.75, 3.05) is 55.2 Å².